The van der Waals surface area contributed by atoms with Crippen molar-refractivity contribution in [3.63, 3.8) is 0 Å². The molecular formula is C21H19N3O5. The fourth-order valence-electron chi connectivity index (χ4n) is 2.95. The van der Waals surface area contributed by atoms with Gasteiger partial charge in [-0.05, 0) is 42.0 Å². The summed E-state index contributed by atoms with van der Waals surface area (Å²) in [6.45, 7) is 0.326. The molecule has 8 nitrogen and oxygen atoms in total. The first-order valence-electron chi connectivity index (χ1n) is 9.00. The molecule has 0 aliphatic carbocycles. The van der Waals surface area contributed by atoms with Crippen LogP contribution in [0.4, 0.5) is 0 Å². The normalized spacial score (nSPS) is 11.9. The van der Waals surface area contributed by atoms with Crippen molar-refractivity contribution in [2.45, 2.75) is 13.1 Å². The number of nitrogens with zero attached hydrogens (tertiary/aromatic N) is 2. The summed E-state index contributed by atoms with van der Waals surface area (Å²) < 4.78 is 17.0. The summed E-state index contributed by atoms with van der Waals surface area (Å²) in [7, 11) is 1.59. The van der Waals surface area contributed by atoms with E-state index in [1.807, 2.05) is 30.3 Å². The van der Waals surface area contributed by atoms with Crippen LogP contribution in [0.5, 0.6) is 17.2 Å². The van der Waals surface area contributed by atoms with E-state index in [1.165, 1.54) is 6.07 Å². The van der Waals surface area contributed by atoms with Gasteiger partial charge in [-0.15, -0.1) is 0 Å². The molecule has 2 heterocycles. The average molecular weight is 393 g/mol. The summed E-state index contributed by atoms with van der Waals surface area (Å²) in [5.74, 6) is 1.69. The van der Waals surface area contributed by atoms with Gasteiger partial charge in [0.1, 0.15) is 12.3 Å². The molecule has 0 fully saturated rings. The van der Waals surface area contributed by atoms with Gasteiger partial charge < -0.3 is 19.5 Å². The number of aromatic nitrogens is 2. The molecule has 4 rings (SSSR count). The summed E-state index contributed by atoms with van der Waals surface area (Å²) in [4.78, 5) is 24.5. The van der Waals surface area contributed by atoms with Crippen molar-refractivity contribution >= 4 is 5.91 Å². The number of fused-ring (bicyclic) bond motifs is 1. The molecule has 1 aliphatic rings. The van der Waals surface area contributed by atoms with E-state index in [0.717, 1.165) is 15.8 Å². The van der Waals surface area contributed by atoms with Crippen molar-refractivity contribution in [2.75, 3.05) is 13.9 Å². The van der Waals surface area contributed by atoms with E-state index in [1.54, 1.807) is 25.3 Å². The van der Waals surface area contributed by atoms with Crippen molar-refractivity contribution in [1.29, 1.82) is 0 Å². The van der Waals surface area contributed by atoms with Gasteiger partial charge in [0.05, 0.1) is 12.8 Å². The van der Waals surface area contributed by atoms with Crippen LogP contribution in [-0.4, -0.2) is 29.6 Å². The molecule has 0 radical (unpaired) electrons. The highest BCUT2D eigenvalue weighted by Crippen LogP contribution is 2.35. The minimum Gasteiger partial charge on any atom is -0.497 e. The molecule has 29 heavy (non-hydrogen) atoms. The van der Waals surface area contributed by atoms with Crippen LogP contribution in [0, 0.1) is 0 Å². The monoisotopic (exact) mass is 393 g/mol. The first-order chi connectivity index (χ1) is 14.1. The molecule has 0 spiro atoms. The maximum absolute atomic E-state index is 12.3. The number of rotatable bonds is 6. The second kappa shape index (κ2) is 8.05. The van der Waals surface area contributed by atoms with Gasteiger partial charge in [-0.2, -0.15) is 5.10 Å². The number of carbonyl (C=O) groups is 1. The van der Waals surface area contributed by atoms with Crippen molar-refractivity contribution in [3.8, 4) is 28.5 Å². The van der Waals surface area contributed by atoms with Crippen LogP contribution in [0.2, 0.25) is 0 Å². The van der Waals surface area contributed by atoms with Crippen molar-refractivity contribution in [2.24, 2.45) is 0 Å². The van der Waals surface area contributed by atoms with Gasteiger partial charge in [-0.1, -0.05) is 12.1 Å². The van der Waals surface area contributed by atoms with Gasteiger partial charge in [0.25, 0.3) is 5.56 Å². The maximum atomic E-state index is 12.3. The average Bonchev–Trinajstić information content (AvgIpc) is 3.22. The predicted molar refractivity (Wildman–Crippen MR) is 105 cm³/mol. The molecule has 1 N–H and O–H groups in total. The lowest BCUT2D eigenvalue weighted by atomic mass is 10.1. The van der Waals surface area contributed by atoms with E-state index < -0.39 is 0 Å². The molecule has 1 amide bonds. The second-order valence-corrected chi connectivity index (χ2v) is 6.41. The van der Waals surface area contributed by atoms with E-state index in [9.17, 15) is 9.59 Å². The van der Waals surface area contributed by atoms with Crippen LogP contribution in [0.3, 0.4) is 0 Å². The molecule has 148 valence electrons. The number of nitrogens with one attached hydrogen (secondary N) is 1. The van der Waals surface area contributed by atoms with Gasteiger partial charge >= 0.3 is 0 Å². The zero-order valence-electron chi connectivity index (χ0n) is 15.8. The Labute approximate surface area is 166 Å². The zero-order valence-corrected chi connectivity index (χ0v) is 15.8. The van der Waals surface area contributed by atoms with Crippen molar-refractivity contribution in [1.82, 2.24) is 15.1 Å². The van der Waals surface area contributed by atoms with Gasteiger partial charge in [0.15, 0.2) is 11.5 Å². The number of carbonyl (C=O) groups excluding carboxylic acids is 1. The maximum Gasteiger partial charge on any atom is 0.267 e. The SMILES string of the molecule is COc1cccc(CNC(=O)Cn2nc(-c3ccc4c(c3)OCO4)ccc2=O)c1. The molecular weight excluding hydrogens is 374 g/mol. The Kier molecular flexibility index (Phi) is 5.15. The van der Waals surface area contributed by atoms with Gasteiger partial charge in [0.2, 0.25) is 12.7 Å². The van der Waals surface area contributed by atoms with E-state index in [2.05, 4.69) is 10.4 Å². The van der Waals surface area contributed by atoms with Crippen molar-refractivity contribution in [3.05, 3.63) is 70.5 Å². The molecule has 0 atom stereocenters. The second-order valence-electron chi connectivity index (χ2n) is 6.41. The molecule has 1 aromatic heterocycles. The fourth-order valence-corrected chi connectivity index (χ4v) is 2.95. The number of benzene rings is 2. The molecule has 0 saturated heterocycles. The summed E-state index contributed by atoms with van der Waals surface area (Å²) in [6.07, 6.45) is 0. The number of hydrogen-bond donors (Lipinski definition) is 1. The van der Waals surface area contributed by atoms with Gasteiger partial charge in [-0.25, -0.2) is 4.68 Å². The van der Waals surface area contributed by atoms with Crippen LogP contribution in [0.15, 0.2) is 59.4 Å². The Morgan fingerprint density at radius 2 is 2.00 bits per heavy atom. The first-order valence-corrected chi connectivity index (χ1v) is 9.00. The van der Waals surface area contributed by atoms with Crippen LogP contribution in [-0.2, 0) is 17.9 Å². The minimum absolute atomic E-state index is 0.179. The molecule has 2 aromatic carbocycles. The lowest BCUT2D eigenvalue weighted by Crippen LogP contribution is -2.33. The third-order valence-corrected chi connectivity index (χ3v) is 4.45. The summed E-state index contributed by atoms with van der Waals surface area (Å²) in [5.41, 5.74) is 1.86. The summed E-state index contributed by atoms with van der Waals surface area (Å²) >= 11 is 0. The quantitative estimate of drug-likeness (QED) is 0.688. The number of amides is 1. The van der Waals surface area contributed by atoms with Crippen molar-refractivity contribution < 1.29 is 19.0 Å². The van der Waals surface area contributed by atoms with Crippen LogP contribution < -0.4 is 25.1 Å². The topological polar surface area (TPSA) is 91.7 Å². The smallest absolute Gasteiger partial charge is 0.267 e. The van der Waals surface area contributed by atoms with E-state index in [-0.39, 0.29) is 24.8 Å². The molecule has 1 aliphatic heterocycles. The Hall–Kier alpha value is -3.81. The standard InChI is InChI=1S/C21H19N3O5/c1-27-16-4-2-3-14(9-16)11-22-20(25)12-24-21(26)8-6-17(23-24)15-5-7-18-19(10-15)29-13-28-18/h2-10H,11-13H2,1H3,(H,22,25). The zero-order chi connectivity index (χ0) is 20.2. The molecule has 0 bridgehead atoms. The molecule has 0 unspecified atom stereocenters. The lowest BCUT2D eigenvalue weighted by Gasteiger charge is -2.09. The van der Waals surface area contributed by atoms with Crippen LogP contribution in [0.1, 0.15) is 5.56 Å². The number of hydrogen-bond acceptors (Lipinski definition) is 6. The Bertz CT molecular complexity index is 1110. The molecule has 0 saturated carbocycles. The molecule has 8 heteroatoms. The summed E-state index contributed by atoms with van der Waals surface area (Å²) in [6, 6.07) is 15.8. The highest BCUT2D eigenvalue weighted by molar-refractivity contribution is 5.75. The minimum atomic E-state index is -0.356. The Balaban J connectivity index is 1.46. The third kappa shape index (κ3) is 4.21. The fraction of sp³-hybridized carbons (Fsp3) is 0.190. The van der Waals surface area contributed by atoms with E-state index in [0.29, 0.717) is 29.5 Å². The third-order valence-electron chi connectivity index (χ3n) is 4.45. The summed E-state index contributed by atoms with van der Waals surface area (Å²) in [5, 5.41) is 7.11. The van der Waals surface area contributed by atoms with Gasteiger partial charge in [-0.3, -0.25) is 9.59 Å². The Morgan fingerprint density at radius 3 is 2.86 bits per heavy atom. The van der Waals surface area contributed by atoms with E-state index in [4.69, 9.17) is 14.2 Å². The highest BCUT2D eigenvalue weighted by atomic mass is 16.7. The number of methoxy groups -OCH3 is 1. The van der Waals surface area contributed by atoms with Gasteiger partial charge in [0, 0.05) is 18.2 Å². The predicted octanol–water partition coefficient (Wildman–Crippen LogP) is 1.96. The Morgan fingerprint density at radius 1 is 1.14 bits per heavy atom. The number of ether oxygens (including phenoxy) is 3. The largest absolute Gasteiger partial charge is 0.497 e. The molecule has 3 aromatic rings. The first kappa shape index (κ1) is 18.5. The van der Waals surface area contributed by atoms with Crippen LogP contribution in [0.25, 0.3) is 11.3 Å². The van der Waals surface area contributed by atoms with E-state index >= 15 is 0 Å². The van der Waals surface area contributed by atoms with Crippen LogP contribution >= 0.6 is 0 Å². The highest BCUT2D eigenvalue weighted by Gasteiger charge is 2.15. The lowest BCUT2D eigenvalue weighted by molar-refractivity contribution is -0.122.